The van der Waals surface area contributed by atoms with Crippen molar-refractivity contribution in [3.05, 3.63) is 119 Å². The Labute approximate surface area is 477 Å². The highest BCUT2D eigenvalue weighted by atomic mass is 35.6. The van der Waals surface area contributed by atoms with Gasteiger partial charge < -0.3 is 53.1 Å². The van der Waals surface area contributed by atoms with Crippen LogP contribution in [-0.2, 0) is 61.8 Å². The fourth-order valence-corrected chi connectivity index (χ4v) is 11.3. The van der Waals surface area contributed by atoms with Gasteiger partial charge in [0.05, 0.1) is 29.1 Å². The lowest BCUT2D eigenvalue weighted by Gasteiger charge is -2.67. The number of rotatable bonds is 14. The van der Waals surface area contributed by atoms with E-state index >= 15 is 9.59 Å². The van der Waals surface area contributed by atoms with E-state index in [0.717, 1.165) is 13.8 Å². The molecule has 0 unspecified atom stereocenters. The lowest BCUT2D eigenvalue weighted by Crippen LogP contribution is -2.82. The number of esters is 5. The number of alkyl halides is 6. The molecule has 3 aliphatic carbocycles. The molecule has 1 saturated heterocycles. The Morgan fingerprint density at radius 2 is 1.29 bits per heavy atom. The average molecular weight is 1200 g/mol. The van der Waals surface area contributed by atoms with Crippen LogP contribution in [0.15, 0.2) is 102 Å². The predicted octanol–water partition coefficient (Wildman–Crippen LogP) is 8.80. The second kappa shape index (κ2) is 23.4. The van der Waals surface area contributed by atoms with E-state index in [1.807, 2.05) is 0 Å². The third kappa shape index (κ3) is 12.5. The molecule has 25 heteroatoms. The summed E-state index contributed by atoms with van der Waals surface area (Å²) in [6.07, 6.45) is -14.8. The van der Waals surface area contributed by atoms with Crippen LogP contribution in [0, 0.1) is 16.7 Å². The van der Waals surface area contributed by atoms with Crippen LogP contribution in [0.3, 0.4) is 0 Å². The van der Waals surface area contributed by atoms with Crippen LogP contribution in [0.1, 0.15) is 86.7 Å². The number of ketones is 1. The molecule has 7 rings (SSSR count). The second-order valence-corrected chi connectivity index (χ2v) is 24.9. The third-order valence-electron chi connectivity index (χ3n) is 14.6. The van der Waals surface area contributed by atoms with Crippen LogP contribution in [0.5, 0.6) is 0 Å². The van der Waals surface area contributed by atoms with Gasteiger partial charge in [0.15, 0.2) is 17.5 Å². The molecule has 4 aliphatic rings. The first-order valence-corrected chi connectivity index (χ1v) is 26.3. The molecule has 2 saturated carbocycles. The van der Waals surface area contributed by atoms with Gasteiger partial charge in [-0.05, 0) is 54.8 Å². The summed E-state index contributed by atoms with van der Waals surface area (Å²) in [5.41, 5.74) is -8.93. The third-order valence-corrected chi connectivity index (χ3v) is 15.2. The van der Waals surface area contributed by atoms with Crippen molar-refractivity contribution in [2.75, 3.05) is 19.8 Å². The molecule has 3 aromatic rings. The highest BCUT2D eigenvalue weighted by Gasteiger charge is 2.79. The van der Waals surface area contributed by atoms with E-state index in [9.17, 15) is 33.9 Å². The monoisotopic (exact) mass is 1200 g/mol. The van der Waals surface area contributed by atoms with Gasteiger partial charge in [-0.25, -0.2) is 24.0 Å². The summed E-state index contributed by atoms with van der Waals surface area (Å²) in [5.74, 6) is -8.27. The van der Waals surface area contributed by atoms with Gasteiger partial charge in [-0.15, -0.1) is 0 Å². The van der Waals surface area contributed by atoms with Gasteiger partial charge in [-0.3, -0.25) is 14.4 Å². The average Bonchev–Trinajstić information content (AvgIpc) is 3.35. The lowest BCUT2D eigenvalue weighted by molar-refractivity contribution is -0.346. The summed E-state index contributed by atoms with van der Waals surface area (Å²) in [7, 11) is 0. The number of aliphatic hydroxyl groups is 1. The lowest BCUT2D eigenvalue weighted by atomic mass is 9.44. The molecule has 3 fully saturated rings. The summed E-state index contributed by atoms with van der Waals surface area (Å²) in [6, 6.07) is 21.1. The molecule has 0 radical (unpaired) electrons. The number of amides is 1. The Bertz CT molecular complexity index is 2830. The maximum Gasteiger partial charge on any atom is 0.508 e. The van der Waals surface area contributed by atoms with Gasteiger partial charge in [-0.1, -0.05) is 150 Å². The molecular weight excluding hydrogens is 1150 g/mol. The molecule has 3 aromatic carbocycles. The van der Waals surface area contributed by atoms with E-state index < -0.39 is 159 Å². The zero-order valence-electron chi connectivity index (χ0n) is 42.5. The number of nitrogens with one attached hydrogen (secondary N) is 1. The minimum Gasteiger partial charge on any atom is -0.455 e. The van der Waals surface area contributed by atoms with Crippen molar-refractivity contribution < 1.29 is 86.1 Å². The SMILES string of the molecule is CC(=O)O[C@H]1C(=O)[C@]2(C)[C@@H](OC(=O)OCC(Cl)(Cl)Cl)C[C@H]3OC[C@@]3(OC(C)=O)[C@H]2[C@H](OC(=O)c2ccccc2)[C@]2(O)C[C@H](OC(=O)[C@H](OC(=O)c3ccccc3)[C@@H](NC(=O)OCC(Cl)(Cl)Cl)c3ccccc3)C(C)=C1C2(C)C. The smallest absolute Gasteiger partial charge is 0.455 e. The van der Waals surface area contributed by atoms with Gasteiger partial charge in [0.25, 0.3) is 0 Å². The summed E-state index contributed by atoms with van der Waals surface area (Å²) in [4.78, 5) is 114. The maximum atomic E-state index is 16.2. The van der Waals surface area contributed by atoms with E-state index in [1.54, 1.807) is 30.3 Å². The second-order valence-electron chi connectivity index (χ2n) is 19.8. The van der Waals surface area contributed by atoms with Gasteiger partial charge in [0.1, 0.15) is 49.3 Å². The molecule has 19 nitrogen and oxygen atoms in total. The van der Waals surface area contributed by atoms with E-state index in [4.69, 9.17) is 112 Å². The van der Waals surface area contributed by atoms with Gasteiger partial charge in [-0.2, -0.15) is 0 Å². The highest BCUT2D eigenvalue weighted by Crippen LogP contribution is 2.65. The number of fused-ring (bicyclic) bond motifs is 5. The summed E-state index contributed by atoms with van der Waals surface area (Å²) in [6.45, 7) is 5.70. The standard InChI is InChI=1S/C53H53Cl6NO18/c1-27-33(74-45(66)39(76-43(64)31-18-12-8-13-19-31)37(30-16-10-7-11-17-30)60-46(67)71-25-52(54,55)56)23-51(69)42(77-44(65)32-20-14-9-15-21-32)40-49(6,41(63)38(73-28(2)61)36(27)48(51,4)5)34(75-47(68)72-26-53(57,58)59)22-35-50(40,24-70-35)78-29(3)62/h7-21,33-35,37-40,42,69H,22-26H2,1-6H3,(H,60,67)/t33-,34-,35+,37-,38+,39+,40-,42-,49+,50-,51+/m0/s1. The van der Waals surface area contributed by atoms with Crippen molar-refractivity contribution in [3.63, 3.8) is 0 Å². The highest BCUT2D eigenvalue weighted by molar-refractivity contribution is 6.68. The first kappa shape index (κ1) is 60.3. The van der Waals surface area contributed by atoms with Crippen molar-refractivity contribution >= 4 is 117 Å². The van der Waals surface area contributed by atoms with Crippen LogP contribution in [-0.4, -0.2) is 128 Å². The molecule has 2 bridgehead atoms. The van der Waals surface area contributed by atoms with Crippen molar-refractivity contribution in [1.82, 2.24) is 5.32 Å². The Hall–Kier alpha value is -5.38. The number of Topliss-reactive ketones (excluding diaryl/α,β-unsaturated/α-hetero) is 1. The quantitative estimate of drug-likeness (QED) is 0.0662. The summed E-state index contributed by atoms with van der Waals surface area (Å²) < 4.78 is 49.0. The van der Waals surface area contributed by atoms with Gasteiger partial charge in [0.2, 0.25) is 13.7 Å². The Morgan fingerprint density at radius 3 is 1.82 bits per heavy atom. The van der Waals surface area contributed by atoms with Crippen LogP contribution in [0.25, 0.3) is 0 Å². The molecule has 0 spiro atoms. The van der Waals surface area contributed by atoms with E-state index in [1.165, 1.54) is 88.4 Å². The van der Waals surface area contributed by atoms with E-state index in [2.05, 4.69) is 5.32 Å². The Morgan fingerprint density at radius 1 is 0.744 bits per heavy atom. The number of alkyl carbamates (subject to hydrolysis) is 1. The zero-order chi connectivity index (χ0) is 57.3. The molecule has 0 aromatic heterocycles. The first-order valence-electron chi connectivity index (χ1n) is 24.1. The normalized spacial score (nSPS) is 27.9. The van der Waals surface area contributed by atoms with Crippen LogP contribution in [0.4, 0.5) is 9.59 Å². The number of ether oxygens (including phenoxy) is 9. The number of benzene rings is 3. The largest absolute Gasteiger partial charge is 0.508 e. The topological polar surface area (TPSA) is 252 Å². The van der Waals surface area contributed by atoms with Crippen LogP contribution >= 0.6 is 69.6 Å². The number of hydrogen-bond donors (Lipinski definition) is 2. The molecule has 78 heavy (non-hydrogen) atoms. The van der Waals surface area contributed by atoms with Crippen LogP contribution < -0.4 is 5.32 Å². The molecule has 1 amide bonds. The molecule has 1 heterocycles. The number of carbonyl (C=O) groups excluding carboxylic acids is 8. The van der Waals surface area contributed by atoms with Crippen molar-refractivity contribution in [1.29, 1.82) is 0 Å². The number of carbonyl (C=O) groups is 8. The number of halogens is 6. The Kier molecular flexibility index (Phi) is 18.1. The fourth-order valence-electron chi connectivity index (χ4n) is 11.0. The van der Waals surface area contributed by atoms with Crippen molar-refractivity contribution in [2.45, 2.75) is 116 Å². The minimum atomic E-state index is -2.64. The zero-order valence-corrected chi connectivity index (χ0v) is 47.0. The predicted molar refractivity (Wildman–Crippen MR) is 279 cm³/mol. The maximum absolute atomic E-state index is 16.2. The van der Waals surface area contributed by atoms with Crippen molar-refractivity contribution in [3.8, 4) is 0 Å². The molecular formula is C53H53Cl6NO18. The molecule has 420 valence electrons. The minimum absolute atomic E-state index is 0.00201. The fraction of sp³-hybridized carbons (Fsp3) is 0.472. The van der Waals surface area contributed by atoms with Crippen molar-refractivity contribution in [2.24, 2.45) is 16.7 Å². The Balaban J connectivity index is 1.45. The first-order chi connectivity index (χ1) is 36.4. The summed E-state index contributed by atoms with van der Waals surface area (Å²) in [5, 5.41) is 16.7. The van der Waals surface area contributed by atoms with Gasteiger partial charge in [0, 0.05) is 32.1 Å². The van der Waals surface area contributed by atoms with Gasteiger partial charge >= 0.3 is 42.1 Å². The molecule has 2 N–H and O–H groups in total. The summed E-state index contributed by atoms with van der Waals surface area (Å²) >= 11 is 35.3. The molecule has 11 atom stereocenters. The van der Waals surface area contributed by atoms with E-state index in [0.29, 0.717) is 0 Å². The van der Waals surface area contributed by atoms with Crippen LogP contribution in [0.2, 0.25) is 0 Å². The molecule has 1 aliphatic heterocycles. The number of hydrogen-bond acceptors (Lipinski definition) is 18. The van der Waals surface area contributed by atoms with E-state index in [-0.39, 0.29) is 27.8 Å².